The number of rotatable bonds is 4. The van der Waals surface area contributed by atoms with Gasteiger partial charge in [-0.3, -0.25) is 4.79 Å². The predicted octanol–water partition coefficient (Wildman–Crippen LogP) is 2.81. The summed E-state index contributed by atoms with van der Waals surface area (Å²) in [5, 5.41) is 4.27. The number of carbonyl (C=O) groups is 1. The minimum Gasteiger partial charge on any atom is -0.342 e. The molecule has 6 nitrogen and oxygen atoms in total. The number of carbonyl (C=O) groups excluding carboxylic acids is 1. The van der Waals surface area contributed by atoms with Crippen LogP contribution in [-0.2, 0) is 4.79 Å². The number of piperazine rings is 1. The van der Waals surface area contributed by atoms with Crippen LogP contribution in [0.1, 0.15) is 0 Å². The standard InChI is InChI=1S/C15H15Cl2N5O/c16-11-1-2-13(12(17)9-11)19-14-3-4-18-15(20-14)22-7-5-21(10-23)6-8-22/h1-4,9-10H,5-8H2,(H,18,19,20). The zero-order valence-corrected chi connectivity index (χ0v) is 13.8. The van der Waals surface area contributed by atoms with Gasteiger partial charge < -0.3 is 15.1 Å². The van der Waals surface area contributed by atoms with E-state index in [2.05, 4.69) is 20.2 Å². The fourth-order valence-electron chi connectivity index (χ4n) is 2.33. The number of benzene rings is 1. The van der Waals surface area contributed by atoms with Crippen LogP contribution >= 0.6 is 23.2 Å². The van der Waals surface area contributed by atoms with Gasteiger partial charge in [0.2, 0.25) is 12.4 Å². The number of hydrogen-bond donors (Lipinski definition) is 1. The van der Waals surface area contributed by atoms with Crippen LogP contribution in [0, 0.1) is 0 Å². The molecule has 1 aromatic carbocycles. The minimum atomic E-state index is 0.525. The van der Waals surface area contributed by atoms with Gasteiger partial charge in [-0.2, -0.15) is 4.98 Å². The van der Waals surface area contributed by atoms with E-state index in [1.807, 2.05) is 0 Å². The first-order valence-electron chi connectivity index (χ1n) is 7.15. The molecule has 3 rings (SSSR count). The van der Waals surface area contributed by atoms with Gasteiger partial charge in [-0.1, -0.05) is 23.2 Å². The molecule has 0 radical (unpaired) electrons. The molecule has 2 aromatic rings. The molecule has 8 heteroatoms. The molecule has 2 heterocycles. The fraction of sp³-hybridized carbons (Fsp3) is 0.267. The summed E-state index contributed by atoms with van der Waals surface area (Å²) in [4.78, 5) is 23.4. The molecule has 0 aliphatic carbocycles. The molecule has 1 fully saturated rings. The van der Waals surface area contributed by atoms with Crippen LogP contribution in [0.2, 0.25) is 10.0 Å². The van der Waals surface area contributed by atoms with Gasteiger partial charge in [0.15, 0.2) is 0 Å². The molecule has 1 saturated heterocycles. The lowest BCUT2D eigenvalue weighted by atomic mass is 10.3. The summed E-state index contributed by atoms with van der Waals surface area (Å²) < 4.78 is 0. The van der Waals surface area contributed by atoms with Gasteiger partial charge in [-0.05, 0) is 24.3 Å². The van der Waals surface area contributed by atoms with E-state index in [4.69, 9.17) is 23.2 Å². The number of amides is 1. The van der Waals surface area contributed by atoms with Gasteiger partial charge in [0.1, 0.15) is 5.82 Å². The monoisotopic (exact) mass is 351 g/mol. The fourth-order valence-corrected chi connectivity index (χ4v) is 2.78. The van der Waals surface area contributed by atoms with E-state index in [9.17, 15) is 4.79 Å². The maximum atomic E-state index is 10.8. The third kappa shape index (κ3) is 3.83. The van der Waals surface area contributed by atoms with Crippen LogP contribution in [0.5, 0.6) is 0 Å². The van der Waals surface area contributed by atoms with Crippen molar-refractivity contribution in [2.45, 2.75) is 0 Å². The van der Waals surface area contributed by atoms with Gasteiger partial charge in [-0.25, -0.2) is 4.98 Å². The predicted molar refractivity (Wildman–Crippen MR) is 91.6 cm³/mol. The number of aromatic nitrogens is 2. The van der Waals surface area contributed by atoms with E-state index in [-0.39, 0.29) is 0 Å². The Morgan fingerprint density at radius 1 is 1.13 bits per heavy atom. The van der Waals surface area contributed by atoms with E-state index in [1.165, 1.54) is 0 Å². The molecule has 1 aliphatic heterocycles. The third-order valence-electron chi connectivity index (χ3n) is 3.58. The van der Waals surface area contributed by atoms with Crippen molar-refractivity contribution in [2.24, 2.45) is 0 Å². The van der Waals surface area contributed by atoms with Crippen molar-refractivity contribution in [3.8, 4) is 0 Å². The summed E-state index contributed by atoms with van der Waals surface area (Å²) in [7, 11) is 0. The number of nitrogens with one attached hydrogen (secondary N) is 1. The molecule has 0 atom stereocenters. The molecular formula is C15H15Cl2N5O. The molecule has 120 valence electrons. The van der Waals surface area contributed by atoms with Crippen LogP contribution in [-0.4, -0.2) is 47.5 Å². The highest BCUT2D eigenvalue weighted by Crippen LogP contribution is 2.28. The van der Waals surface area contributed by atoms with Crippen molar-refractivity contribution in [2.75, 3.05) is 36.4 Å². The topological polar surface area (TPSA) is 61.4 Å². The number of anilines is 3. The number of halogens is 2. The molecule has 0 saturated carbocycles. The molecule has 1 N–H and O–H groups in total. The Hall–Kier alpha value is -2.05. The van der Waals surface area contributed by atoms with Gasteiger partial charge in [0.25, 0.3) is 0 Å². The molecule has 1 aromatic heterocycles. The van der Waals surface area contributed by atoms with Crippen LogP contribution in [0.4, 0.5) is 17.5 Å². The van der Waals surface area contributed by atoms with Gasteiger partial charge in [0, 0.05) is 37.4 Å². The van der Waals surface area contributed by atoms with Crippen LogP contribution in [0.15, 0.2) is 30.5 Å². The van der Waals surface area contributed by atoms with Crippen molar-refractivity contribution in [3.63, 3.8) is 0 Å². The molecule has 0 spiro atoms. The Kier molecular flexibility index (Phi) is 4.83. The van der Waals surface area contributed by atoms with E-state index in [0.717, 1.165) is 12.1 Å². The second-order valence-corrected chi connectivity index (χ2v) is 5.96. The number of hydrogen-bond acceptors (Lipinski definition) is 5. The van der Waals surface area contributed by atoms with Crippen molar-refractivity contribution >= 4 is 47.1 Å². The summed E-state index contributed by atoms with van der Waals surface area (Å²) >= 11 is 12.1. The van der Waals surface area contributed by atoms with Crippen molar-refractivity contribution in [1.82, 2.24) is 14.9 Å². The first-order chi connectivity index (χ1) is 11.2. The van der Waals surface area contributed by atoms with Gasteiger partial charge >= 0.3 is 0 Å². The zero-order chi connectivity index (χ0) is 16.2. The Morgan fingerprint density at radius 2 is 1.91 bits per heavy atom. The molecular weight excluding hydrogens is 337 g/mol. The summed E-state index contributed by atoms with van der Waals surface area (Å²) in [5.74, 6) is 1.28. The SMILES string of the molecule is O=CN1CCN(c2nccc(Nc3ccc(Cl)cc3Cl)n2)CC1. The normalized spacial score (nSPS) is 14.7. The Morgan fingerprint density at radius 3 is 2.61 bits per heavy atom. The maximum Gasteiger partial charge on any atom is 0.227 e. The highest BCUT2D eigenvalue weighted by molar-refractivity contribution is 6.36. The molecule has 1 amide bonds. The molecule has 0 unspecified atom stereocenters. The summed E-state index contributed by atoms with van der Waals surface area (Å²) in [6.45, 7) is 2.77. The summed E-state index contributed by atoms with van der Waals surface area (Å²) in [6.07, 6.45) is 2.57. The third-order valence-corrected chi connectivity index (χ3v) is 4.13. The van der Waals surface area contributed by atoms with E-state index >= 15 is 0 Å². The van der Waals surface area contributed by atoms with Crippen molar-refractivity contribution in [1.29, 1.82) is 0 Å². The van der Waals surface area contributed by atoms with Crippen LogP contribution in [0.25, 0.3) is 0 Å². The largest absolute Gasteiger partial charge is 0.342 e. The molecule has 1 aliphatic rings. The van der Waals surface area contributed by atoms with Crippen LogP contribution < -0.4 is 10.2 Å². The summed E-state index contributed by atoms with van der Waals surface area (Å²) in [5.41, 5.74) is 0.728. The first-order valence-corrected chi connectivity index (χ1v) is 7.91. The van der Waals surface area contributed by atoms with E-state index in [0.29, 0.717) is 48.0 Å². The van der Waals surface area contributed by atoms with E-state index < -0.39 is 0 Å². The second kappa shape index (κ2) is 7.02. The minimum absolute atomic E-state index is 0.525. The molecule has 0 bridgehead atoms. The van der Waals surface area contributed by atoms with Crippen molar-refractivity contribution in [3.05, 3.63) is 40.5 Å². The maximum absolute atomic E-state index is 10.8. The Bertz CT molecular complexity index is 704. The Balaban J connectivity index is 1.74. The van der Waals surface area contributed by atoms with Crippen molar-refractivity contribution < 1.29 is 4.79 Å². The second-order valence-electron chi connectivity index (χ2n) is 5.12. The smallest absolute Gasteiger partial charge is 0.227 e. The lowest BCUT2D eigenvalue weighted by molar-refractivity contribution is -0.118. The number of nitrogens with zero attached hydrogens (tertiary/aromatic N) is 4. The van der Waals surface area contributed by atoms with Crippen LogP contribution in [0.3, 0.4) is 0 Å². The quantitative estimate of drug-likeness (QED) is 0.858. The van der Waals surface area contributed by atoms with Gasteiger partial charge in [0.05, 0.1) is 10.7 Å². The first kappa shape index (κ1) is 15.8. The van der Waals surface area contributed by atoms with Gasteiger partial charge in [-0.15, -0.1) is 0 Å². The average Bonchev–Trinajstić information content (AvgIpc) is 2.58. The van der Waals surface area contributed by atoms with E-state index in [1.54, 1.807) is 35.4 Å². The Labute approximate surface area is 144 Å². The average molecular weight is 352 g/mol. The lowest BCUT2D eigenvalue weighted by Crippen LogP contribution is -2.46. The molecule has 23 heavy (non-hydrogen) atoms. The lowest BCUT2D eigenvalue weighted by Gasteiger charge is -2.32. The highest BCUT2D eigenvalue weighted by Gasteiger charge is 2.18. The zero-order valence-electron chi connectivity index (χ0n) is 12.2. The highest BCUT2D eigenvalue weighted by atomic mass is 35.5. The summed E-state index contributed by atoms with van der Waals surface area (Å²) in [6, 6.07) is 7.01.